The van der Waals surface area contributed by atoms with Gasteiger partial charge in [0.1, 0.15) is 0 Å². The second-order valence-corrected chi connectivity index (χ2v) is 3.35. The smallest absolute Gasteiger partial charge is 0.254 e. The Morgan fingerprint density at radius 3 is 2.50 bits per heavy atom. The van der Waals surface area contributed by atoms with Crippen LogP contribution in [0, 0.1) is 5.92 Å². The summed E-state index contributed by atoms with van der Waals surface area (Å²) in [4.78, 5) is 2.01. The van der Waals surface area contributed by atoms with E-state index in [0.717, 1.165) is 6.54 Å². The number of likely N-dealkylation sites (tertiary alicyclic amines) is 1. The molecule has 2 nitrogen and oxygen atoms in total. The highest BCUT2D eigenvalue weighted by Gasteiger charge is 2.45. The van der Waals surface area contributed by atoms with Gasteiger partial charge in [0.05, 0.1) is 0 Å². The third-order valence-electron chi connectivity index (χ3n) is 2.48. The van der Waals surface area contributed by atoms with Gasteiger partial charge in [0.25, 0.3) is 5.92 Å². The van der Waals surface area contributed by atoms with Gasteiger partial charge in [0.2, 0.25) is 0 Å². The van der Waals surface area contributed by atoms with Crippen molar-refractivity contribution in [2.24, 2.45) is 11.7 Å². The van der Waals surface area contributed by atoms with E-state index in [1.165, 1.54) is 0 Å². The van der Waals surface area contributed by atoms with E-state index >= 15 is 0 Å². The monoisotopic (exact) mass is 178 g/mol. The van der Waals surface area contributed by atoms with Gasteiger partial charge in [-0.3, -0.25) is 0 Å². The van der Waals surface area contributed by atoms with Crippen molar-refractivity contribution in [2.45, 2.75) is 19.3 Å². The highest BCUT2D eigenvalue weighted by atomic mass is 19.3. The molecule has 1 fully saturated rings. The molecule has 0 amide bonds. The molecule has 0 saturated carbocycles. The van der Waals surface area contributed by atoms with Crippen LogP contribution in [0.25, 0.3) is 0 Å². The minimum absolute atomic E-state index is 0.0790. The molecule has 0 unspecified atom stereocenters. The van der Waals surface area contributed by atoms with Crippen LogP contribution in [0.15, 0.2) is 0 Å². The van der Waals surface area contributed by atoms with Crippen molar-refractivity contribution in [2.75, 3.05) is 26.2 Å². The van der Waals surface area contributed by atoms with Crippen molar-refractivity contribution in [1.29, 1.82) is 0 Å². The van der Waals surface area contributed by atoms with E-state index in [0.29, 0.717) is 13.1 Å². The summed E-state index contributed by atoms with van der Waals surface area (Å²) < 4.78 is 26.1. The first-order chi connectivity index (χ1) is 5.60. The zero-order valence-electron chi connectivity index (χ0n) is 7.39. The SMILES string of the molecule is CCN1CC(C(F)(F)CCN)C1. The van der Waals surface area contributed by atoms with Gasteiger partial charge in [0.15, 0.2) is 0 Å². The standard InChI is InChI=1S/C8H16F2N2/c1-2-12-5-7(6-12)8(9,10)3-4-11/h7H,2-6,11H2,1H3. The largest absolute Gasteiger partial charge is 0.330 e. The minimum atomic E-state index is -2.54. The molecule has 1 saturated heterocycles. The Morgan fingerprint density at radius 1 is 1.50 bits per heavy atom. The van der Waals surface area contributed by atoms with Crippen molar-refractivity contribution < 1.29 is 8.78 Å². The topological polar surface area (TPSA) is 29.3 Å². The third-order valence-corrected chi connectivity index (χ3v) is 2.48. The van der Waals surface area contributed by atoms with Crippen LogP contribution >= 0.6 is 0 Å². The Hall–Kier alpha value is -0.220. The van der Waals surface area contributed by atoms with Gasteiger partial charge in [-0.2, -0.15) is 0 Å². The van der Waals surface area contributed by atoms with Crippen molar-refractivity contribution in [3.8, 4) is 0 Å². The summed E-state index contributed by atoms with van der Waals surface area (Å²) in [6, 6.07) is 0. The number of rotatable bonds is 4. The molecule has 0 aromatic carbocycles. The normalized spacial score (nSPS) is 21.0. The molecule has 0 aliphatic carbocycles. The summed E-state index contributed by atoms with van der Waals surface area (Å²) in [5.74, 6) is -3.00. The quantitative estimate of drug-likeness (QED) is 0.693. The fraction of sp³-hybridized carbons (Fsp3) is 1.00. The summed E-state index contributed by atoms with van der Waals surface area (Å²) in [7, 11) is 0. The first-order valence-corrected chi connectivity index (χ1v) is 4.40. The lowest BCUT2D eigenvalue weighted by molar-refractivity contribution is -0.119. The van der Waals surface area contributed by atoms with Crippen LogP contribution in [0.3, 0.4) is 0 Å². The van der Waals surface area contributed by atoms with E-state index in [-0.39, 0.29) is 13.0 Å². The van der Waals surface area contributed by atoms with Crippen molar-refractivity contribution in [1.82, 2.24) is 4.90 Å². The molecule has 1 aliphatic heterocycles. The van der Waals surface area contributed by atoms with Gasteiger partial charge in [-0.25, -0.2) is 8.78 Å². The fourth-order valence-electron chi connectivity index (χ4n) is 1.49. The van der Waals surface area contributed by atoms with Gasteiger partial charge >= 0.3 is 0 Å². The molecule has 0 radical (unpaired) electrons. The van der Waals surface area contributed by atoms with Gasteiger partial charge in [-0.15, -0.1) is 0 Å². The molecule has 4 heteroatoms. The molecule has 1 heterocycles. The lowest BCUT2D eigenvalue weighted by atomic mass is 9.91. The number of alkyl halides is 2. The highest BCUT2D eigenvalue weighted by molar-refractivity contribution is 4.89. The van der Waals surface area contributed by atoms with Crippen molar-refractivity contribution in [3.05, 3.63) is 0 Å². The Labute approximate surface area is 71.7 Å². The average Bonchev–Trinajstić information content (AvgIpc) is 1.83. The molecule has 0 aromatic heterocycles. The summed E-state index contributed by atoms with van der Waals surface area (Å²) in [6.07, 6.45) is -0.171. The highest BCUT2D eigenvalue weighted by Crippen LogP contribution is 2.34. The van der Waals surface area contributed by atoms with Crippen LogP contribution in [0.2, 0.25) is 0 Å². The molecule has 0 atom stereocenters. The molecule has 2 N–H and O–H groups in total. The van der Waals surface area contributed by atoms with Crippen LogP contribution < -0.4 is 5.73 Å². The van der Waals surface area contributed by atoms with Crippen LogP contribution in [0.4, 0.5) is 8.78 Å². The number of nitrogens with zero attached hydrogens (tertiary/aromatic N) is 1. The minimum Gasteiger partial charge on any atom is -0.330 e. The Bertz CT molecular complexity index is 144. The molecule has 0 aromatic rings. The van der Waals surface area contributed by atoms with Gasteiger partial charge in [-0.05, 0) is 13.1 Å². The van der Waals surface area contributed by atoms with E-state index in [9.17, 15) is 8.78 Å². The average molecular weight is 178 g/mol. The predicted octanol–water partition coefficient (Wildman–Crippen LogP) is 0.922. The van der Waals surface area contributed by atoms with E-state index in [1.54, 1.807) is 0 Å². The van der Waals surface area contributed by atoms with E-state index < -0.39 is 11.8 Å². The van der Waals surface area contributed by atoms with Gasteiger partial charge < -0.3 is 10.6 Å². The fourth-order valence-corrected chi connectivity index (χ4v) is 1.49. The molecular formula is C8H16F2N2. The molecule has 0 bridgehead atoms. The van der Waals surface area contributed by atoms with E-state index in [4.69, 9.17) is 5.73 Å². The molecule has 1 aliphatic rings. The zero-order valence-corrected chi connectivity index (χ0v) is 7.39. The van der Waals surface area contributed by atoms with Crippen molar-refractivity contribution >= 4 is 0 Å². The maximum atomic E-state index is 13.1. The number of nitrogens with two attached hydrogens (primary N) is 1. The molecule has 12 heavy (non-hydrogen) atoms. The molecule has 1 rings (SSSR count). The van der Waals surface area contributed by atoms with Gasteiger partial charge in [0, 0.05) is 25.4 Å². The van der Waals surface area contributed by atoms with E-state index in [1.807, 2.05) is 11.8 Å². The lowest BCUT2D eigenvalue weighted by Crippen LogP contribution is -2.54. The van der Waals surface area contributed by atoms with Crippen LogP contribution in [-0.4, -0.2) is 37.0 Å². The molecular weight excluding hydrogens is 162 g/mol. The third kappa shape index (κ3) is 1.93. The number of halogens is 2. The molecule has 72 valence electrons. The van der Waals surface area contributed by atoms with Crippen LogP contribution in [0.1, 0.15) is 13.3 Å². The first kappa shape index (κ1) is 9.86. The molecule has 0 spiro atoms. The van der Waals surface area contributed by atoms with Crippen LogP contribution in [-0.2, 0) is 0 Å². The maximum absolute atomic E-state index is 13.1. The number of hydrogen-bond donors (Lipinski definition) is 1. The Kier molecular flexibility index (Phi) is 3.01. The van der Waals surface area contributed by atoms with E-state index in [2.05, 4.69) is 0 Å². The summed E-state index contributed by atoms with van der Waals surface area (Å²) in [6.45, 7) is 4.00. The zero-order chi connectivity index (χ0) is 9.19. The summed E-state index contributed by atoms with van der Waals surface area (Å²) in [5.41, 5.74) is 5.10. The predicted molar refractivity (Wildman–Crippen MR) is 44.2 cm³/mol. The maximum Gasteiger partial charge on any atom is 0.254 e. The van der Waals surface area contributed by atoms with Gasteiger partial charge in [-0.1, -0.05) is 6.92 Å². The first-order valence-electron chi connectivity index (χ1n) is 4.40. The van der Waals surface area contributed by atoms with Crippen LogP contribution in [0.5, 0.6) is 0 Å². The lowest BCUT2D eigenvalue weighted by Gasteiger charge is -2.42. The Morgan fingerprint density at radius 2 is 2.08 bits per heavy atom. The summed E-state index contributed by atoms with van der Waals surface area (Å²) >= 11 is 0. The summed E-state index contributed by atoms with van der Waals surface area (Å²) in [5, 5.41) is 0. The Balaban J connectivity index is 2.30. The second-order valence-electron chi connectivity index (χ2n) is 3.35. The number of hydrogen-bond acceptors (Lipinski definition) is 2. The van der Waals surface area contributed by atoms with Crippen molar-refractivity contribution in [3.63, 3.8) is 0 Å². The second kappa shape index (κ2) is 3.66.